The maximum atomic E-state index is 13.5. The van der Waals surface area contributed by atoms with Gasteiger partial charge < -0.3 is 19.9 Å². The van der Waals surface area contributed by atoms with Crippen molar-refractivity contribution < 1.29 is 19.1 Å². The van der Waals surface area contributed by atoms with Gasteiger partial charge in [-0.25, -0.2) is 19.6 Å². The van der Waals surface area contributed by atoms with E-state index in [1.165, 1.54) is 7.11 Å². The van der Waals surface area contributed by atoms with E-state index in [0.29, 0.717) is 31.2 Å². The highest BCUT2D eigenvalue weighted by molar-refractivity contribution is 6.04. The number of benzene rings is 1. The topological polar surface area (TPSA) is 105 Å². The lowest BCUT2D eigenvalue weighted by atomic mass is 10.0. The number of carbonyl (C=O) groups excluding carboxylic acids is 3. The van der Waals surface area contributed by atoms with Crippen LogP contribution >= 0.6 is 0 Å². The van der Waals surface area contributed by atoms with Crippen LogP contribution in [-0.2, 0) is 11.2 Å². The number of methoxy groups -OCH3 is 1. The Balaban J connectivity index is 1.78. The zero-order valence-corrected chi connectivity index (χ0v) is 20.7. The van der Waals surface area contributed by atoms with E-state index in [4.69, 9.17) is 4.74 Å². The Morgan fingerprint density at radius 3 is 2.56 bits per heavy atom. The Kier molecular flexibility index (Phi) is 7.86. The summed E-state index contributed by atoms with van der Waals surface area (Å²) in [6.07, 6.45) is 0.884. The van der Waals surface area contributed by atoms with Gasteiger partial charge in [-0.2, -0.15) is 0 Å². The second-order valence-corrected chi connectivity index (χ2v) is 8.80. The number of amides is 3. The number of hydrogen-bond acceptors (Lipinski definition) is 6. The zero-order chi connectivity index (χ0) is 25.0. The smallest absolute Gasteiger partial charge is 0.342 e. The van der Waals surface area contributed by atoms with Crippen molar-refractivity contribution in [1.29, 1.82) is 0 Å². The average molecular weight is 468 g/mol. The van der Waals surface area contributed by atoms with Gasteiger partial charge in [-0.3, -0.25) is 4.79 Å². The van der Waals surface area contributed by atoms with Gasteiger partial charge >= 0.3 is 12.0 Å². The normalized spacial score (nSPS) is 15.9. The molecule has 2 aromatic rings. The number of urea groups is 1. The fraction of sp³-hybridized carbons (Fsp3) is 0.480. The Labute approximate surface area is 200 Å². The van der Waals surface area contributed by atoms with Crippen LogP contribution in [0.5, 0.6) is 0 Å². The lowest BCUT2D eigenvalue weighted by Crippen LogP contribution is -2.56. The molecule has 0 spiro atoms. The molecule has 0 aliphatic carbocycles. The summed E-state index contributed by atoms with van der Waals surface area (Å²) in [7, 11) is 1.27. The van der Waals surface area contributed by atoms with Crippen LogP contribution in [0.25, 0.3) is 0 Å². The molecule has 9 heteroatoms. The Bertz CT molecular complexity index is 1080. The molecule has 1 atom stereocenters. The largest absolute Gasteiger partial charge is 0.465 e. The first-order chi connectivity index (χ1) is 16.2. The van der Waals surface area contributed by atoms with Gasteiger partial charge in [-0.05, 0) is 43.9 Å². The quantitative estimate of drug-likeness (QED) is 0.673. The molecule has 1 unspecified atom stereocenters. The monoisotopic (exact) mass is 467 g/mol. The third kappa shape index (κ3) is 5.35. The molecule has 1 saturated heterocycles. The van der Waals surface area contributed by atoms with Gasteiger partial charge in [0, 0.05) is 31.4 Å². The Morgan fingerprint density at radius 1 is 1.21 bits per heavy atom. The van der Waals surface area contributed by atoms with Crippen LogP contribution in [0.3, 0.4) is 0 Å². The van der Waals surface area contributed by atoms with Crippen molar-refractivity contribution in [2.45, 2.75) is 53.0 Å². The third-order valence-electron chi connectivity index (χ3n) is 5.95. The molecule has 0 radical (unpaired) electrons. The van der Waals surface area contributed by atoms with Crippen LogP contribution in [0.15, 0.2) is 24.3 Å². The molecule has 1 N–H and O–H groups in total. The lowest BCUT2D eigenvalue weighted by molar-refractivity contribution is 0.0550. The number of nitrogens with zero attached hydrogens (tertiary/aromatic N) is 4. The number of anilines is 1. The first kappa shape index (κ1) is 25.1. The maximum Gasteiger partial charge on any atom is 0.342 e. The zero-order valence-electron chi connectivity index (χ0n) is 20.7. The number of carbonyl (C=O) groups is 3. The number of hydrogen-bond donors (Lipinski definition) is 1. The first-order valence-electron chi connectivity index (χ1n) is 11.6. The lowest BCUT2D eigenvalue weighted by Gasteiger charge is -2.39. The number of aryl methyl sites for hydroxylation is 2. The van der Waals surface area contributed by atoms with Crippen molar-refractivity contribution in [1.82, 2.24) is 19.8 Å². The highest BCUT2D eigenvalue weighted by atomic mass is 16.5. The summed E-state index contributed by atoms with van der Waals surface area (Å²) in [6, 6.07) is 7.33. The molecule has 2 heterocycles. The molecule has 3 amide bonds. The highest BCUT2D eigenvalue weighted by Crippen LogP contribution is 2.23. The van der Waals surface area contributed by atoms with E-state index in [1.54, 1.807) is 16.7 Å². The molecule has 0 saturated carbocycles. The molecule has 1 fully saturated rings. The number of aromatic nitrogens is 2. The molecular weight excluding hydrogens is 434 g/mol. The number of ether oxygens (including phenoxy) is 1. The van der Waals surface area contributed by atoms with Crippen LogP contribution in [0.4, 0.5) is 10.5 Å². The molecule has 0 bridgehead atoms. The minimum absolute atomic E-state index is 0.0459. The van der Waals surface area contributed by atoms with E-state index >= 15 is 0 Å². The van der Waals surface area contributed by atoms with Crippen molar-refractivity contribution in [2.75, 3.05) is 32.1 Å². The summed E-state index contributed by atoms with van der Waals surface area (Å²) in [5, 5.41) is 2.95. The van der Waals surface area contributed by atoms with Gasteiger partial charge in [0.1, 0.15) is 17.1 Å². The number of esters is 1. The van der Waals surface area contributed by atoms with Crippen molar-refractivity contribution in [3.63, 3.8) is 0 Å². The van der Waals surface area contributed by atoms with E-state index in [9.17, 15) is 14.4 Å². The van der Waals surface area contributed by atoms with Crippen LogP contribution in [0.2, 0.25) is 0 Å². The van der Waals surface area contributed by atoms with Gasteiger partial charge in [0.05, 0.1) is 12.8 Å². The standard InChI is InChI=1S/C25H33N5O4/c1-7-18-9-8-10-19(13-18)28-25(33)30-12-11-29(14-16(30)4)23(31)22-20(24(32)34-6)21(15(2)3)26-17(5)27-22/h8-10,13,15-16H,7,11-12,14H2,1-6H3,(H,28,33). The van der Waals surface area contributed by atoms with Crippen molar-refractivity contribution >= 4 is 23.6 Å². The van der Waals surface area contributed by atoms with Crippen molar-refractivity contribution in [3.8, 4) is 0 Å². The molecule has 1 aromatic carbocycles. The van der Waals surface area contributed by atoms with Crippen LogP contribution < -0.4 is 5.32 Å². The summed E-state index contributed by atoms with van der Waals surface area (Å²) >= 11 is 0. The fourth-order valence-electron chi connectivity index (χ4n) is 4.13. The molecule has 1 aliphatic heterocycles. The molecule has 1 aliphatic rings. The van der Waals surface area contributed by atoms with Gasteiger partial charge in [0.2, 0.25) is 0 Å². The molecule has 182 valence electrons. The summed E-state index contributed by atoms with van der Waals surface area (Å²) in [5.41, 5.74) is 2.53. The van der Waals surface area contributed by atoms with E-state index in [0.717, 1.165) is 17.7 Å². The molecule has 9 nitrogen and oxygen atoms in total. The first-order valence-corrected chi connectivity index (χ1v) is 11.6. The van der Waals surface area contributed by atoms with Gasteiger partial charge in [0.15, 0.2) is 0 Å². The van der Waals surface area contributed by atoms with E-state index < -0.39 is 5.97 Å². The van der Waals surface area contributed by atoms with Gasteiger partial charge in [-0.15, -0.1) is 0 Å². The molecule has 3 rings (SSSR count). The minimum Gasteiger partial charge on any atom is -0.465 e. The number of nitrogens with one attached hydrogen (secondary N) is 1. The van der Waals surface area contributed by atoms with Crippen LogP contribution in [0, 0.1) is 6.92 Å². The number of piperazine rings is 1. The van der Waals surface area contributed by atoms with Crippen LogP contribution in [0.1, 0.15) is 71.5 Å². The summed E-state index contributed by atoms with van der Waals surface area (Å²) in [5.74, 6) is -0.670. The van der Waals surface area contributed by atoms with Crippen molar-refractivity contribution in [2.24, 2.45) is 0 Å². The SMILES string of the molecule is CCc1cccc(NC(=O)N2CCN(C(=O)c3nc(C)nc(C(C)C)c3C(=O)OC)CC2C)c1. The Hall–Kier alpha value is -3.49. The van der Waals surface area contributed by atoms with E-state index in [1.807, 2.05) is 45.0 Å². The molecule has 34 heavy (non-hydrogen) atoms. The summed E-state index contributed by atoms with van der Waals surface area (Å²) in [6.45, 7) is 10.5. The summed E-state index contributed by atoms with van der Waals surface area (Å²) < 4.78 is 4.94. The second-order valence-electron chi connectivity index (χ2n) is 8.80. The highest BCUT2D eigenvalue weighted by Gasteiger charge is 2.34. The van der Waals surface area contributed by atoms with E-state index in [-0.39, 0.29) is 35.2 Å². The van der Waals surface area contributed by atoms with Crippen LogP contribution in [-0.4, -0.2) is 70.5 Å². The molecule has 1 aromatic heterocycles. The maximum absolute atomic E-state index is 13.5. The second kappa shape index (κ2) is 10.6. The minimum atomic E-state index is -0.632. The fourth-order valence-corrected chi connectivity index (χ4v) is 4.13. The van der Waals surface area contributed by atoms with Crippen molar-refractivity contribution in [3.05, 3.63) is 52.6 Å². The number of rotatable bonds is 5. The van der Waals surface area contributed by atoms with E-state index in [2.05, 4.69) is 22.2 Å². The Morgan fingerprint density at radius 2 is 1.94 bits per heavy atom. The predicted octanol–water partition coefficient (Wildman–Crippen LogP) is 3.64. The third-order valence-corrected chi connectivity index (χ3v) is 5.95. The summed E-state index contributed by atoms with van der Waals surface area (Å²) in [4.78, 5) is 51.0. The average Bonchev–Trinajstić information content (AvgIpc) is 2.82. The predicted molar refractivity (Wildman–Crippen MR) is 129 cm³/mol. The molecular formula is C25H33N5O4. The van der Waals surface area contributed by atoms with Gasteiger partial charge in [-0.1, -0.05) is 32.9 Å². The van der Waals surface area contributed by atoms with Gasteiger partial charge in [0.25, 0.3) is 5.91 Å².